The van der Waals surface area contributed by atoms with E-state index in [0.717, 1.165) is 79.3 Å². The smallest absolute Gasteiger partial charge is 0.262 e. The normalized spacial score (nSPS) is 24.6. The maximum atomic E-state index is 13.6. The SMILES string of the molecule is [C-]#[N+]c1ccc(N2CC3(CCN(c4ccc(C(=O)N5CC[C@H](CN6Cc7cc8c(cc7C6)C(=O)N(C6CCC(=O)NC6=O)C8=O)C5)cc4)CC3)C[C@@H]2C)cc1Cl. The largest absolute Gasteiger partial charge is 0.371 e. The van der Waals surface area contributed by atoms with Crippen molar-refractivity contribution >= 4 is 58.2 Å². The van der Waals surface area contributed by atoms with Gasteiger partial charge >= 0.3 is 0 Å². The van der Waals surface area contributed by atoms with Gasteiger partial charge in [-0.2, -0.15) is 0 Å². The molecule has 0 radical (unpaired) electrons. The summed E-state index contributed by atoms with van der Waals surface area (Å²) in [5.41, 5.74) is 6.30. The first-order valence-corrected chi connectivity index (χ1v) is 20.0. The first-order chi connectivity index (χ1) is 27.0. The number of hydrogen-bond donors (Lipinski definition) is 1. The van der Waals surface area contributed by atoms with Crippen LogP contribution in [0.4, 0.5) is 17.1 Å². The summed E-state index contributed by atoms with van der Waals surface area (Å²) in [7, 11) is 0. The lowest BCUT2D eigenvalue weighted by Gasteiger charge is -2.40. The lowest BCUT2D eigenvalue weighted by atomic mass is 9.76. The number of benzene rings is 3. The number of fused-ring (bicyclic) bond motifs is 2. The number of halogens is 1. The molecular weight excluding hydrogens is 730 g/mol. The number of piperidine rings is 2. The van der Waals surface area contributed by atoms with Gasteiger partial charge in [0.15, 0.2) is 0 Å². The summed E-state index contributed by atoms with van der Waals surface area (Å²) in [6, 6.07) is 16.9. The zero-order valence-corrected chi connectivity index (χ0v) is 32.2. The number of carbonyl (C=O) groups is 5. The average molecular weight is 774 g/mol. The van der Waals surface area contributed by atoms with E-state index < -0.39 is 29.7 Å². The molecule has 1 N–H and O–H groups in total. The quantitative estimate of drug-likeness (QED) is 0.252. The van der Waals surface area contributed by atoms with Crippen LogP contribution in [0.2, 0.25) is 5.02 Å². The van der Waals surface area contributed by atoms with Crippen molar-refractivity contribution in [3.8, 4) is 0 Å². The summed E-state index contributed by atoms with van der Waals surface area (Å²) in [6.45, 7) is 16.0. The minimum Gasteiger partial charge on any atom is -0.371 e. The number of anilines is 2. The molecule has 9 rings (SSSR count). The van der Waals surface area contributed by atoms with E-state index in [-0.39, 0.29) is 24.2 Å². The van der Waals surface area contributed by atoms with Crippen LogP contribution in [0.15, 0.2) is 54.6 Å². The molecule has 0 saturated carbocycles. The Morgan fingerprint density at radius 1 is 0.911 bits per heavy atom. The van der Waals surface area contributed by atoms with Crippen molar-refractivity contribution in [1.29, 1.82) is 0 Å². The van der Waals surface area contributed by atoms with Crippen LogP contribution >= 0.6 is 11.6 Å². The lowest BCUT2D eigenvalue weighted by Crippen LogP contribution is -2.54. The Hall–Kier alpha value is -5.25. The first-order valence-electron chi connectivity index (χ1n) is 19.7. The van der Waals surface area contributed by atoms with Gasteiger partial charge in [0.25, 0.3) is 17.7 Å². The Bertz CT molecular complexity index is 2170. The zero-order chi connectivity index (χ0) is 38.9. The maximum absolute atomic E-state index is 13.6. The van der Waals surface area contributed by atoms with Crippen molar-refractivity contribution in [3.63, 3.8) is 0 Å². The molecule has 0 bridgehead atoms. The standard InChI is InChI=1S/C43H44ClN7O5/c1-26-20-43(25-50(26)32-7-8-36(45-2)35(44)19-32)12-15-48(16-13-43)31-5-3-28(4-6-31)40(54)49-14-11-27(22-49)21-47-23-29-17-33-34(18-30(29)24-47)42(56)51(41(33)55)37-9-10-38(52)46-39(37)53/h3-8,17-19,26-27,37H,9-16,20-25H2,1H3,(H,46,52,53)/t26-,27+,37?/m0/s1. The van der Waals surface area contributed by atoms with Gasteiger partial charge in [-0.1, -0.05) is 17.7 Å². The number of amides is 5. The summed E-state index contributed by atoms with van der Waals surface area (Å²) in [5.74, 6) is -1.60. The van der Waals surface area contributed by atoms with Crippen LogP contribution in [-0.2, 0) is 22.7 Å². The van der Waals surface area contributed by atoms with Crippen LogP contribution in [0.3, 0.4) is 0 Å². The molecule has 3 aromatic rings. The van der Waals surface area contributed by atoms with Crippen molar-refractivity contribution < 1.29 is 24.0 Å². The summed E-state index contributed by atoms with van der Waals surface area (Å²) < 4.78 is 0. The van der Waals surface area contributed by atoms with Gasteiger partial charge < -0.3 is 14.7 Å². The van der Waals surface area contributed by atoms with Gasteiger partial charge in [-0.15, -0.1) is 0 Å². The number of hydrogen-bond acceptors (Lipinski definition) is 8. The Balaban J connectivity index is 0.764. The van der Waals surface area contributed by atoms with Crippen molar-refractivity contribution in [2.75, 3.05) is 49.1 Å². The predicted octanol–water partition coefficient (Wildman–Crippen LogP) is 5.66. The van der Waals surface area contributed by atoms with Gasteiger partial charge in [-0.25, -0.2) is 4.85 Å². The van der Waals surface area contributed by atoms with Crippen LogP contribution in [0.1, 0.15) is 87.6 Å². The highest BCUT2D eigenvalue weighted by molar-refractivity contribution is 6.33. The molecule has 3 atom stereocenters. The number of rotatable bonds is 6. The van der Waals surface area contributed by atoms with Crippen molar-refractivity contribution in [3.05, 3.63) is 98.9 Å². The molecule has 288 valence electrons. The number of nitrogens with one attached hydrogen (secondary N) is 1. The molecule has 6 heterocycles. The van der Waals surface area contributed by atoms with Crippen molar-refractivity contribution in [1.82, 2.24) is 20.0 Å². The van der Waals surface area contributed by atoms with E-state index >= 15 is 0 Å². The van der Waals surface area contributed by atoms with E-state index in [4.69, 9.17) is 18.2 Å². The zero-order valence-electron chi connectivity index (χ0n) is 31.4. The van der Waals surface area contributed by atoms with E-state index in [1.165, 1.54) is 0 Å². The monoisotopic (exact) mass is 773 g/mol. The Kier molecular flexibility index (Phi) is 9.13. The molecule has 1 unspecified atom stereocenters. The van der Waals surface area contributed by atoms with E-state index in [9.17, 15) is 24.0 Å². The topological polar surface area (TPSA) is 118 Å². The maximum Gasteiger partial charge on any atom is 0.262 e. The Morgan fingerprint density at radius 2 is 1.59 bits per heavy atom. The lowest BCUT2D eigenvalue weighted by molar-refractivity contribution is -0.136. The summed E-state index contributed by atoms with van der Waals surface area (Å²) in [4.78, 5) is 78.0. The molecule has 3 aromatic carbocycles. The van der Waals surface area contributed by atoms with Crippen molar-refractivity contribution in [2.45, 2.75) is 70.6 Å². The highest BCUT2D eigenvalue weighted by atomic mass is 35.5. The minimum atomic E-state index is -0.974. The number of nitrogens with zero attached hydrogens (tertiary/aromatic N) is 6. The molecule has 5 amide bonds. The third kappa shape index (κ3) is 6.40. The van der Waals surface area contributed by atoms with E-state index in [0.29, 0.717) is 65.5 Å². The van der Waals surface area contributed by atoms with E-state index in [2.05, 4.69) is 43.9 Å². The number of likely N-dealkylation sites (tertiary alicyclic amines) is 1. The third-order valence-corrected chi connectivity index (χ3v) is 13.4. The van der Waals surface area contributed by atoms with Crippen LogP contribution in [0.25, 0.3) is 4.85 Å². The van der Waals surface area contributed by atoms with Crippen LogP contribution in [0, 0.1) is 17.9 Å². The third-order valence-electron chi connectivity index (χ3n) is 13.1. The Morgan fingerprint density at radius 3 is 2.23 bits per heavy atom. The second-order valence-corrected chi connectivity index (χ2v) is 17.1. The highest BCUT2D eigenvalue weighted by Gasteiger charge is 2.46. The number of imide groups is 2. The molecule has 13 heteroatoms. The number of carbonyl (C=O) groups excluding carboxylic acids is 5. The van der Waals surface area contributed by atoms with Crippen LogP contribution < -0.4 is 15.1 Å². The predicted molar refractivity (Wildman–Crippen MR) is 211 cm³/mol. The van der Waals surface area contributed by atoms with Gasteiger partial charge in [0, 0.05) is 86.8 Å². The minimum absolute atomic E-state index is 0.0555. The molecule has 4 fully saturated rings. The second kappa shape index (κ2) is 14.0. The van der Waals surface area contributed by atoms with E-state index in [1.807, 2.05) is 35.2 Å². The second-order valence-electron chi connectivity index (χ2n) is 16.7. The van der Waals surface area contributed by atoms with Crippen LogP contribution in [-0.4, -0.2) is 95.6 Å². The van der Waals surface area contributed by atoms with Gasteiger partial charge in [-0.3, -0.25) is 39.1 Å². The molecular formula is C43H44ClN7O5. The molecule has 6 aliphatic heterocycles. The Labute approximate surface area is 331 Å². The fraction of sp³-hybridized carbons (Fsp3) is 0.442. The molecule has 0 aliphatic carbocycles. The fourth-order valence-corrected chi connectivity index (χ4v) is 10.3. The molecule has 1 spiro atoms. The molecule has 4 saturated heterocycles. The van der Waals surface area contributed by atoms with Gasteiger partial charge in [-0.05, 0) is 110 Å². The highest BCUT2D eigenvalue weighted by Crippen LogP contribution is 2.46. The van der Waals surface area contributed by atoms with Gasteiger partial charge in [0.05, 0.1) is 17.7 Å². The first kappa shape index (κ1) is 36.4. The summed E-state index contributed by atoms with van der Waals surface area (Å²) >= 11 is 6.38. The van der Waals surface area contributed by atoms with Crippen molar-refractivity contribution in [2.24, 2.45) is 11.3 Å². The summed E-state index contributed by atoms with van der Waals surface area (Å²) in [5, 5.41) is 2.75. The summed E-state index contributed by atoms with van der Waals surface area (Å²) in [6.07, 6.45) is 4.47. The van der Waals surface area contributed by atoms with Gasteiger partial charge in [0.2, 0.25) is 17.5 Å². The molecule has 6 aliphatic rings. The van der Waals surface area contributed by atoms with Crippen LogP contribution in [0.5, 0.6) is 0 Å². The molecule has 0 aromatic heterocycles. The molecule has 56 heavy (non-hydrogen) atoms. The van der Waals surface area contributed by atoms with Gasteiger partial charge in [0.1, 0.15) is 6.04 Å². The fourth-order valence-electron chi connectivity index (χ4n) is 10.1. The van der Waals surface area contributed by atoms with E-state index in [1.54, 1.807) is 12.1 Å². The average Bonchev–Trinajstić information content (AvgIpc) is 3.95. The molecule has 12 nitrogen and oxygen atoms in total.